The fourth-order valence-corrected chi connectivity index (χ4v) is 2.94. The molecule has 1 aromatic heterocycles. The second-order valence-electron chi connectivity index (χ2n) is 5.63. The third kappa shape index (κ3) is 3.94. The fraction of sp³-hybridized carbons (Fsp3) is 0.158. The van der Waals surface area contributed by atoms with Gasteiger partial charge in [-0.05, 0) is 67.8 Å². The Morgan fingerprint density at radius 1 is 1.04 bits per heavy atom. The number of rotatable bonds is 4. The Bertz CT molecular complexity index is 902. The molecule has 0 saturated carbocycles. The van der Waals surface area contributed by atoms with Crippen LogP contribution in [0.5, 0.6) is 0 Å². The molecule has 1 heterocycles. The van der Waals surface area contributed by atoms with Gasteiger partial charge in [-0.3, -0.25) is 4.79 Å². The largest absolute Gasteiger partial charge is 0.274 e. The van der Waals surface area contributed by atoms with E-state index in [1.54, 1.807) is 0 Å². The number of hydrogen-bond acceptors (Lipinski definition) is 2. The first-order chi connectivity index (χ1) is 11.5. The zero-order valence-electron chi connectivity index (χ0n) is 13.2. The van der Waals surface area contributed by atoms with Crippen LogP contribution in [0, 0.1) is 6.92 Å². The highest BCUT2D eigenvalue weighted by Gasteiger charge is 2.09. The van der Waals surface area contributed by atoms with Crippen molar-refractivity contribution < 1.29 is 0 Å². The van der Waals surface area contributed by atoms with Crippen LogP contribution in [-0.2, 0) is 12.8 Å². The van der Waals surface area contributed by atoms with E-state index in [4.69, 9.17) is 11.6 Å². The van der Waals surface area contributed by atoms with Crippen LogP contribution < -0.4 is 5.56 Å². The van der Waals surface area contributed by atoms with Crippen molar-refractivity contribution in [2.75, 3.05) is 0 Å². The summed E-state index contributed by atoms with van der Waals surface area (Å²) in [6.07, 6.45) is 1.45. The summed E-state index contributed by atoms with van der Waals surface area (Å²) in [5, 5.41) is 5.09. The minimum absolute atomic E-state index is 0.0723. The van der Waals surface area contributed by atoms with Crippen molar-refractivity contribution in [2.45, 2.75) is 19.8 Å². The first kappa shape index (κ1) is 16.9. The van der Waals surface area contributed by atoms with Crippen molar-refractivity contribution in [2.24, 2.45) is 0 Å². The number of aromatic nitrogens is 2. The van der Waals surface area contributed by atoms with Crippen LogP contribution >= 0.6 is 27.5 Å². The van der Waals surface area contributed by atoms with Crippen molar-refractivity contribution in [1.82, 2.24) is 9.78 Å². The summed E-state index contributed by atoms with van der Waals surface area (Å²) in [4.78, 5) is 12.7. The van der Waals surface area contributed by atoms with Crippen LogP contribution in [0.15, 0.2) is 63.9 Å². The number of aryl methyl sites for hydroxylation is 3. The number of nitrogens with zero attached hydrogens (tertiary/aromatic N) is 2. The van der Waals surface area contributed by atoms with Gasteiger partial charge < -0.3 is 0 Å². The van der Waals surface area contributed by atoms with Gasteiger partial charge in [0.05, 0.1) is 11.4 Å². The molecule has 3 aromatic rings. The van der Waals surface area contributed by atoms with Gasteiger partial charge in [-0.1, -0.05) is 39.7 Å². The molecule has 0 aliphatic heterocycles. The van der Waals surface area contributed by atoms with Gasteiger partial charge in [0.25, 0.3) is 5.56 Å². The predicted octanol–water partition coefficient (Wildman–Crippen LogP) is 4.74. The molecule has 122 valence electrons. The van der Waals surface area contributed by atoms with Gasteiger partial charge in [0.1, 0.15) is 0 Å². The summed E-state index contributed by atoms with van der Waals surface area (Å²) in [6.45, 7) is 1.90. The monoisotopic (exact) mass is 402 g/mol. The SMILES string of the molecule is Cc1cc(CCc2ccc(Cl)cc2)c(=O)n(-c2ccc(Br)cc2)n1. The fourth-order valence-electron chi connectivity index (χ4n) is 2.55. The summed E-state index contributed by atoms with van der Waals surface area (Å²) in [6, 6.07) is 17.1. The second-order valence-corrected chi connectivity index (χ2v) is 6.98. The summed E-state index contributed by atoms with van der Waals surface area (Å²) < 4.78 is 2.44. The third-order valence-electron chi connectivity index (χ3n) is 3.78. The smallest absolute Gasteiger partial charge is 0.267 e. The molecule has 0 bridgehead atoms. The summed E-state index contributed by atoms with van der Waals surface area (Å²) >= 11 is 9.31. The molecule has 3 rings (SSSR count). The Balaban J connectivity index is 1.90. The normalized spacial score (nSPS) is 10.8. The zero-order valence-corrected chi connectivity index (χ0v) is 15.5. The highest BCUT2D eigenvalue weighted by Crippen LogP contribution is 2.14. The molecule has 0 spiro atoms. The molecule has 0 fully saturated rings. The Hall–Kier alpha value is -1.91. The predicted molar refractivity (Wildman–Crippen MR) is 101 cm³/mol. The molecule has 5 heteroatoms. The molecule has 0 amide bonds. The van der Waals surface area contributed by atoms with Crippen molar-refractivity contribution >= 4 is 27.5 Å². The minimum Gasteiger partial charge on any atom is -0.267 e. The van der Waals surface area contributed by atoms with E-state index in [1.165, 1.54) is 4.68 Å². The van der Waals surface area contributed by atoms with Crippen LogP contribution in [0.4, 0.5) is 0 Å². The summed E-state index contributed by atoms with van der Waals surface area (Å²) in [5.74, 6) is 0. The molecule has 0 aliphatic carbocycles. The Labute approximate surface area is 154 Å². The van der Waals surface area contributed by atoms with E-state index in [-0.39, 0.29) is 5.56 Å². The van der Waals surface area contributed by atoms with Crippen LogP contribution in [-0.4, -0.2) is 9.78 Å². The van der Waals surface area contributed by atoms with E-state index in [0.29, 0.717) is 6.42 Å². The van der Waals surface area contributed by atoms with Gasteiger partial charge in [0.2, 0.25) is 0 Å². The van der Waals surface area contributed by atoms with Gasteiger partial charge >= 0.3 is 0 Å². The van der Waals surface area contributed by atoms with Gasteiger partial charge in [-0.15, -0.1) is 0 Å². The lowest BCUT2D eigenvalue weighted by Crippen LogP contribution is -2.25. The summed E-state index contributed by atoms with van der Waals surface area (Å²) in [5.41, 5.74) is 3.43. The lowest BCUT2D eigenvalue weighted by molar-refractivity contribution is 0.757. The number of hydrogen-bond donors (Lipinski definition) is 0. The molecule has 3 nitrogen and oxygen atoms in total. The zero-order chi connectivity index (χ0) is 17.1. The molecule has 0 unspecified atom stereocenters. The molecular formula is C19H16BrClN2O. The highest BCUT2D eigenvalue weighted by molar-refractivity contribution is 9.10. The van der Waals surface area contributed by atoms with Crippen molar-refractivity contribution in [1.29, 1.82) is 0 Å². The second kappa shape index (κ2) is 7.32. The average molecular weight is 404 g/mol. The molecular weight excluding hydrogens is 388 g/mol. The third-order valence-corrected chi connectivity index (χ3v) is 4.56. The number of benzene rings is 2. The van der Waals surface area contributed by atoms with Crippen LogP contribution in [0.3, 0.4) is 0 Å². The molecule has 0 radical (unpaired) electrons. The van der Waals surface area contributed by atoms with E-state index in [0.717, 1.165) is 38.4 Å². The van der Waals surface area contributed by atoms with E-state index >= 15 is 0 Å². The minimum atomic E-state index is -0.0723. The maximum Gasteiger partial charge on any atom is 0.274 e. The molecule has 0 saturated heterocycles. The first-order valence-electron chi connectivity index (χ1n) is 7.63. The van der Waals surface area contributed by atoms with E-state index in [1.807, 2.05) is 61.5 Å². The Kier molecular flexibility index (Phi) is 5.17. The van der Waals surface area contributed by atoms with Gasteiger partial charge in [-0.25, -0.2) is 0 Å². The first-order valence-corrected chi connectivity index (χ1v) is 8.80. The Morgan fingerprint density at radius 3 is 2.38 bits per heavy atom. The van der Waals surface area contributed by atoms with Crippen molar-refractivity contribution in [3.63, 3.8) is 0 Å². The van der Waals surface area contributed by atoms with E-state index in [9.17, 15) is 4.79 Å². The van der Waals surface area contributed by atoms with Gasteiger partial charge in [0.15, 0.2) is 0 Å². The van der Waals surface area contributed by atoms with Crippen molar-refractivity contribution in [3.8, 4) is 5.69 Å². The topological polar surface area (TPSA) is 34.9 Å². The summed E-state index contributed by atoms with van der Waals surface area (Å²) in [7, 11) is 0. The molecule has 24 heavy (non-hydrogen) atoms. The quantitative estimate of drug-likeness (QED) is 0.630. The van der Waals surface area contributed by atoms with Crippen LogP contribution in [0.1, 0.15) is 16.8 Å². The molecule has 0 aliphatic rings. The molecule has 2 aromatic carbocycles. The lowest BCUT2D eigenvalue weighted by Gasteiger charge is -2.09. The Morgan fingerprint density at radius 2 is 1.71 bits per heavy atom. The maximum absolute atomic E-state index is 12.7. The van der Waals surface area contributed by atoms with Gasteiger partial charge in [-0.2, -0.15) is 9.78 Å². The van der Waals surface area contributed by atoms with Crippen LogP contribution in [0.25, 0.3) is 5.69 Å². The van der Waals surface area contributed by atoms with Crippen LogP contribution in [0.2, 0.25) is 5.02 Å². The highest BCUT2D eigenvalue weighted by atomic mass is 79.9. The van der Waals surface area contributed by atoms with Crippen molar-refractivity contribution in [3.05, 3.63) is 91.3 Å². The molecule has 0 N–H and O–H groups in total. The average Bonchev–Trinajstić information content (AvgIpc) is 2.57. The number of halogens is 2. The maximum atomic E-state index is 12.7. The van der Waals surface area contributed by atoms with E-state index in [2.05, 4.69) is 21.0 Å². The van der Waals surface area contributed by atoms with E-state index < -0.39 is 0 Å². The lowest BCUT2D eigenvalue weighted by atomic mass is 10.1. The molecule has 0 atom stereocenters. The van der Waals surface area contributed by atoms with Gasteiger partial charge in [0, 0.05) is 15.1 Å². The standard InChI is InChI=1S/C19H16BrClN2O/c1-13-12-15(5-2-14-3-8-17(21)9-4-14)19(24)23(22-13)18-10-6-16(20)7-11-18/h3-4,6-12H,2,5H2,1H3.